The maximum atomic E-state index is 10.7. The van der Waals surface area contributed by atoms with Gasteiger partial charge in [0.1, 0.15) is 12.1 Å². The summed E-state index contributed by atoms with van der Waals surface area (Å²) in [6.07, 6.45) is -0.400. The summed E-state index contributed by atoms with van der Waals surface area (Å²) >= 11 is 0. The fourth-order valence-corrected chi connectivity index (χ4v) is 0.985. The molecule has 1 aliphatic rings. The molecule has 0 aromatic heterocycles. The first kappa shape index (κ1) is 7.50. The van der Waals surface area contributed by atoms with Crippen LogP contribution in [0.5, 0.6) is 0 Å². The number of carbonyl (C=O) groups excluding carboxylic acids is 1. The van der Waals surface area contributed by atoms with Crippen LogP contribution in [-0.4, -0.2) is 29.8 Å². The summed E-state index contributed by atoms with van der Waals surface area (Å²) in [7, 11) is 0. The lowest BCUT2D eigenvalue weighted by Crippen LogP contribution is -2.32. The third kappa shape index (κ3) is 0.998. The van der Waals surface area contributed by atoms with Crippen LogP contribution in [0.2, 0.25) is 0 Å². The van der Waals surface area contributed by atoms with E-state index in [1.807, 2.05) is 0 Å². The van der Waals surface area contributed by atoms with E-state index < -0.39 is 18.1 Å². The van der Waals surface area contributed by atoms with E-state index in [1.54, 1.807) is 6.92 Å². The van der Waals surface area contributed by atoms with Gasteiger partial charge in [-0.25, -0.2) is 0 Å². The van der Waals surface area contributed by atoms with E-state index in [2.05, 4.69) is 0 Å². The first-order valence-electron chi connectivity index (χ1n) is 3.23. The Labute approximate surface area is 59.0 Å². The van der Waals surface area contributed by atoms with Crippen LogP contribution in [0.3, 0.4) is 0 Å². The van der Waals surface area contributed by atoms with Crippen LogP contribution in [-0.2, 0) is 9.53 Å². The van der Waals surface area contributed by atoms with Crippen LogP contribution in [0.1, 0.15) is 6.92 Å². The van der Waals surface area contributed by atoms with Gasteiger partial charge in [-0.15, -0.1) is 0 Å². The first-order valence-corrected chi connectivity index (χ1v) is 3.23. The number of nitrogens with two attached hydrogens (primary N) is 1. The van der Waals surface area contributed by atoms with Crippen LogP contribution in [0.4, 0.5) is 0 Å². The molecular formula is C6H11NO3. The molecule has 0 radical (unpaired) electrons. The number of hydrogen-bond donors (Lipinski definition) is 2. The molecule has 0 aromatic rings. The van der Waals surface area contributed by atoms with Crippen LogP contribution in [0.15, 0.2) is 0 Å². The molecule has 0 bridgehead atoms. The van der Waals surface area contributed by atoms with Crippen molar-refractivity contribution in [1.82, 2.24) is 0 Å². The number of ether oxygens (including phenoxy) is 1. The van der Waals surface area contributed by atoms with Gasteiger partial charge in [-0.2, -0.15) is 0 Å². The molecule has 1 saturated heterocycles. The highest BCUT2D eigenvalue weighted by atomic mass is 16.6. The van der Waals surface area contributed by atoms with Gasteiger partial charge in [-0.3, -0.25) is 4.79 Å². The second kappa shape index (κ2) is 2.56. The minimum Gasteiger partial charge on any atom is -0.458 e. The van der Waals surface area contributed by atoms with E-state index in [0.717, 1.165) is 0 Å². The van der Waals surface area contributed by atoms with Crippen molar-refractivity contribution in [3.05, 3.63) is 0 Å². The van der Waals surface area contributed by atoms with Crippen molar-refractivity contribution in [2.75, 3.05) is 6.61 Å². The largest absolute Gasteiger partial charge is 0.458 e. The monoisotopic (exact) mass is 145 g/mol. The van der Waals surface area contributed by atoms with Gasteiger partial charge >= 0.3 is 5.97 Å². The summed E-state index contributed by atoms with van der Waals surface area (Å²) in [6.45, 7) is 1.65. The van der Waals surface area contributed by atoms with E-state index in [9.17, 15) is 4.79 Å². The average Bonchev–Trinajstić information content (AvgIpc) is 2.17. The van der Waals surface area contributed by atoms with Crippen LogP contribution < -0.4 is 5.73 Å². The molecule has 4 heteroatoms. The Morgan fingerprint density at radius 2 is 2.40 bits per heavy atom. The van der Waals surface area contributed by atoms with E-state index in [4.69, 9.17) is 15.6 Å². The van der Waals surface area contributed by atoms with Gasteiger partial charge in [-0.05, 0) is 0 Å². The number of esters is 1. The molecule has 4 nitrogen and oxygen atoms in total. The van der Waals surface area contributed by atoms with Gasteiger partial charge in [0.15, 0.2) is 0 Å². The van der Waals surface area contributed by atoms with Crippen molar-refractivity contribution < 1.29 is 14.6 Å². The zero-order valence-electron chi connectivity index (χ0n) is 5.78. The van der Waals surface area contributed by atoms with Crippen molar-refractivity contribution in [3.63, 3.8) is 0 Å². The second-order valence-electron chi connectivity index (χ2n) is 2.54. The Kier molecular flexibility index (Phi) is 1.92. The summed E-state index contributed by atoms with van der Waals surface area (Å²) in [5.41, 5.74) is 5.40. The molecule has 10 heavy (non-hydrogen) atoms. The van der Waals surface area contributed by atoms with Gasteiger partial charge in [0, 0.05) is 5.92 Å². The van der Waals surface area contributed by atoms with Crippen LogP contribution in [0, 0.1) is 5.92 Å². The lowest BCUT2D eigenvalue weighted by atomic mass is 10.0. The first-order chi connectivity index (χ1) is 4.66. The minimum absolute atomic E-state index is 0.0718. The van der Waals surface area contributed by atoms with Crippen LogP contribution >= 0.6 is 0 Å². The summed E-state index contributed by atoms with van der Waals surface area (Å²) in [5, 5.41) is 8.64. The van der Waals surface area contributed by atoms with Gasteiger partial charge in [-0.1, -0.05) is 6.92 Å². The fraction of sp³-hybridized carbons (Fsp3) is 0.833. The fourth-order valence-electron chi connectivity index (χ4n) is 0.985. The molecule has 0 spiro atoms. The summed E-state index contributed by atoms with van der Waals surface area (Å²) in [4.78, 5) is 10.7. The molecule has 1 aliphatic heterocycles. The number of rotatable bonds is 1. The zero-order valence-corrected chi connectivity index (χ0v) is 5.78. The molecule has 3 atom stereocenters. The summed E-state index contributed by atoms with van der Waals surface area (Å²) < 4.78 is 4.72. The average molecular weight is 145 g/mol. The van der Waals surface area contributed by atoms with Crippen molar-refractivity contribution >= 4 is 5.97 Å². The maximum absolute atomic E-state index is 10.7. The second-order valence-corrected chi connectivity index (χ2v) is 2.54. The third-order valence-corrected chi connectivity index (χ3v) is 1.87. The van der Waals surface area contributed by atoms with Crippen LogP contribution in [0.25, 0.3) is 0 Å². The molecule has 0 saturated carbocycles. The summed E-state index contributed by atoms with van der Waals surface area (Å²) in [5.74, 6) is -0.482. The highest BCUT2D eigenvalue weighted by Crippen LogP contribution is 2.19. The Morgan fingerprint density at radius 3 is 2.60 bits per heavy atom. The van der Waals surface area contributed by atoms with E-state index in [-0.39, 0.29) is 12.5 Å². The normalized spacial score (nSPS) is 39.9. The van der Waals surface area contributed by atoms with Crippen molar-refractivity contribution in [2.24, 2.45) is 11.7 Å². The van der Waals surface area contributed by atoms with Crippen molar-refractivity contribution in [2.45, 2.75) is 19.1 Å². The predicted octanol–water partition coefficient (Wildman–Crippen LogP) is -1.13. The molecule has 1 fully saturated rings. The Balaban J connectivity index is 2.61. The number of carbonyl (C=O) groups is 1. The van der Waals surface area contributed by atoms with E-state index in [0.29, 0.717) is 0 Å². The molecule has 0 aromatic carbocycles. The third-order valence-electron chi connectivity index (χ3n) is 1.87. The molecule has 58 valence electrons. The maximum Gasteiger partial charge on any atom is 0.323 e. The van der Waals surface area contributed by atoms with Gasteiger partial charge in [0.2, 0.25) is 0 Å². The lowest BCUT2D eigenvalue weighted by molar-refractivity contribution is -0.143. The molecule has 0 unspecified atom stereocenters. The quantitative estimate of drug-likeness (QED) is 0.458. The molecule has 1 rings (SSSR count). The van der Waals surface area contributed by atoms with E-state index in [1.165, 1.54) is 0 Å². The molecule has 1 heterocycles. The SMILES string of the molecule is C[C@H]1[C@H](N)C(=O)O[C@@H]1CO. The van der Waals surface area contributed by atoms with Gasteiger partial charge in [0.25, 0.3) is 0 Å². The molecular weight excluding hydrogens is 134 g/mol. The van der Waals surface area contributed by atoms with Gasteiger partial charge in [0.05, 0.1) is 6.61 Å². The molecule has 0 aliphatic carbocycles. The smallest absolute Gasteiger partial charge is 0.323 e. The topological polar surface area (TPSA) is 72.6 Å². The molecule has 3 N–H and O–H groups in total. The predicted molar refractivity (Wildman–Crippen MR) is 34.1 cm³/mol. The highest BCUT2D eigenvalue weighted by molar-refractivity contribution is 5.78. The standard InChI is InChI=1S/C6H11NO3/c1-3-4(2-8)10-6(9)5(3)7/h3-5,8H,2,7H2,1H3/t3-,4-,5+/m1/s1. The van der Waals surface area contributed by atoms with Crippen molar-refractivity contribution in [3.8, 4) is 0 Å². The van der Waals surface area contributed by atoms with Crippen molar-refractivity contribution in [1.29, 1.82) is 0 Å². The molecule has 0 amide bonds. The minimum atomic E-state index is -0.558. The summed E-state index contributed by atoms with van der Waals surface area (Å²) in [6, 6.07) is -0.558. The number of cyclic esters (lactones) is 1. The Hall–Kier alpha value is -0.610. The Bertz CT molecular complexity index is 148. The van der Waals surface area contributed by atoms with E-state index >= 15 is 0 Å². The number of aliphatic hydroxyl groups excluding tert-OH is 1. The highest BCUT2D eigenvalue weighted by Gasteiger charge is 2.38. The lowest BCUT2D eigenvalue weighted by Gasteiger charge is -2.09. The zero-order chi connectivity index (χ0) is 7.72. The number of aliphatic hydroxyl groups is 1. The number of hydrogen-bond acceptors (Lipinski definition) is 4. The Morgan fingerprint density at radius 1 is 1.80 bits per heavy atom. The van der Waals surface area contributed by atoms with Gasteiger partial charge < -0.3 is 15.6 Å².